The molecule has 2 aromatic rings. The van der Waals surface area contributed by atoms with Crippen LogP contribution in [0, 0.1) is 5.92 Å². The summed E-state index contributed by atoms with van der Waals surface area (Å²) in [7, 11) is -0.690. The molecule has 2 aliphatic heterocycles. The van der Waals surface area contributed by atoms with Gasteiger partial charge in [-0.15, -0.1) is 0 Å². The fraction of sp³-hybridized carbons (Fsp3) is 0.452. The molecule has 0 spiro atoms. The number of pyridine rings is 1. The molecule has 16 nitrogen and oxygen atoms in total. The van der Waals surface area contributed by atoms with Gasteiger partial charge in [-0.25, -0.2) is 14.6 Å². The maximum atomic E-state index is 13.5. The van der Waals surface area contributed by atoms with E-state index in [1.165, 1.54) is 13.0 Å². The van der Waals surface area contributed by atoms with Gasteiger partial charge in [0.1, 0.15) is 24.9 Å². The van der Waals surface area contributed by atoms with Crippen LogP contribution in [0.4, 0.5) is 0 Å². The summed E-state index contributed by atoms with van der Waals surface area (Å²) in [6, 6.07) is 12.6. The minimum Gasteiger partial charge on any atom is -0.511 e. The van der Waals surface area contributed by atoms with E-state index < -0.39 is 86.1 Å². The van der Waals surface area contributed by atoms with Crippen LogP contribution < -0.4 is 10.6 Å². The lowest BCUT2D eigenvalue weighted by molar-refractivity contribution is -0.167. The van der Waals surface area contributed by atoms with E-state index in [0.29, 0.717) is 5.69 Å². The third-order valence-corrected chi connectivity index (χ3v) is 7.23. The van der Waals surface area contributed by atoms with Gasteiger partial charge in [0.2, 0.25) is 5.91 Å². The lowest BCUT2D eigenvalue weighted by Gasteiger charge is -2.32. The Bertz CT molecular complexity index is 1510. The molecule has 0 bridgehead atoms. The Morgan fingerprint density at radius 1 is 0.939 bits per heavy atom. The molecular formula is C31H36B2N3O13. The number of hydrogen-bond donors (Lipinski definition) is 3. The van der Waals surface area contributed by atoms with E-state index in [1.807, 2.05) is 44.2 Å². The van der Waals surface area contributed by atoms with Gasteiger partial charge in [0.15, 0.2) is 12.2 Å². The van der Waals surface area contributed by atoms with Crippen molar-refractivity contribution >= 4 is 50.5 Å². The predicted octanol–water partition coefficient (Wildman–Crippen LogP) is 0.0709. The van der Waals surface area contributed by atoms with Gasteiger partial charge in [0.25, 0.3) is 17.8 Å². The summed E-state index contributed by atoms with van der Waals surface area (Å²) >= 11 is 0. The largest absolute Gasteiger partial charge is 0.574 e. The fourth-order valence-electron chi connectivity index (χ4n) is 4.86. The predicted molar refractivity (Wildman–Crippen MR) is 169 cm³/mol. The molecule has 1 aromatic carbocycles. The van der Waals surface area contributed by atoms with Crippen LogP contribution in [0.5, 0.6) is 0 Å². The van der Waals surface area contributed by atoms with Crippen LogP contribution in [-0.2, 0) is 52.1 Å². The van der Waals surface area contributed by atoms with Crippen LogP contribution in [0.2, 0.25) is 0 Å². The zero-order valence-electron chi connectivity index (χ0n) is 27.1. The molecule has 3 heterocycles. The second-order valence-electron chi connectivity index (χ2n) is 11.6. The number of rotatable bonds is 14. The lowest BCUT2D eigenvalue weighted by Crippen LogP contribution is -2.60. The van der Waals surface area contributed by atoms with Crippen LogP contribution in [-0.4, -0.2) is 104 Å². The number of aliphatic hydroxyl groups excluding tert-OH is 1. The van der Waals surface area contributed by atoms with Crippen molar-refractivity contribution in [1.82, 2.24) is 15.6 Å². The minimum absolute atomic E-state index is 0.0183. The zero-order valence-corrected chi connectivity index (χ0v) is 27.1. The highest BCUT2D eigenvalue weighted by Crippen LogP contribution is 2.20. The normalized spacial score (nSPS) is 19.3. The number of benzene rings is 1. The fourth-order valence-corrected chi connectivity index (χ4v) is 4.86. The van der Waals surface area contributed by atoms with E-state index in [9.17, 15) is 33.9 Å². The van der Waals surface area contributed by atoms with Crippen LogP contribution in [0.25, 0.3) is 11.3 Å². The van der Waals surface area contributed by atoms with Gasteiger partial charge in [-0.05, 0) is 31.4 Å². The molecule has 49 heavy (non-hydrogen) atoms. The van der Waals surface area contributed by atoms with Crippen molar-refractivity contribution in [1.29, 1.82) is 0 Å². The van der Waals surface area contributed by atoms with Gasteiger partial charge >= 0.3 is 26.7 Å². The summed E-state index contributed by atoms with van der Waals surface area (Å²) in [5.74, 6) is -5.84. The summed E-state index contributed by atoms with van der Waals surface area (Å²) in [6.45, 7) is 4.25. The van der Waals surface area contributed by atoms with E-state index >= 15 is 0 Å². The number of carbonyl (C=O) groups excluding carboxylic acids is 6. The third kappa shape index (κ3) is 10.9. The number of ether oxygens (including phenoxy) is 2. The van der Waals surface area contributed by atoms with Crippen molar-refractivity contribution in [3.8, 4) is 11.3 Å². The van der Waals surface area contributed by atoms with Crippen molar-refractivity contribution in [3.05, 3.63) is 54.2 Å². The van der Waals surface area contributed by atoms with Gasteiger partial charge in [0.05, 0.1) is 30.6 Å². The Morgan fingerprint density at radius 3 is 2.27 bits per heavy atom. The molecule has 2 amide bonds. The molecule has 2 fully saturated rings. The molecular weight excluding hydrogens is 644 g/mol. The highest BCUT2D eigenvalue weighted by molar-refractivity contribution is 6.50. The van der Waals surface area contributed by atoms with Crippen molar-refractivity contribution < 1.29 is 62.0 Å². The number of hydrogen-bond acceptors (Lipinski definition) is 14. The Balaban J connectivity index is 1.35. The summed E-state index contributed by atoms with van der Waals surface area (Å²) in [4.78, 5) is 79.6. The minimum atomic E-state index is -1.44. The number of carbonyl (C=O) groups is 6. The van der Waals surface area contributed by atoms with Gasteiger partial charge < -0.3 is 43.8 Å². The van der Waals surface area contributed by atoms with Gasteiger partial charge in [-0.1, -0.05) is 50.2 Å². The molecule has 2 saturated heterocycles. The van der Waals surface area contributed by atoms with Gasteiger partial charge in [-0.3, -0.25) is 19.2 Å². The summed E-state index contributed by atoms with van der Waals surface area (Å²) in [6.07, 6.45) is -4.54. The summed E-state index contributed by atoms with van der Waals surface area (Å²) in [5, 5.41) is 15.7. The number of nitrogens with zero attached hydrogens (tertiary/aromatic N) is 1. The molecule has 0 unspecified atom stereocenters. The molecule has 1 radical (unpaired) electrons. The lowest BCUT2D eigenvalue weighted by atomic mass is 9.72. The smallest absolute Gasteiger partial charge is 0.511 e. The molecule has 5 atom stereocenters. The van der Waals surface area contributed by atoms with Crippen LogP contribution in [0.1, 0.15) is 50.5 Å². The second-order valence-corrected chi connectivity index (χ2v) is 11.6. The average Bonchev–Trinajstić information content (AvgIpc) is 3.08. The molecule has 1 aromatic heterocycles. The Labute approximate surface area is 282 Å². The molecule has 18 heteroatoms. The van der Waals surface area contributed by atoms with Crippen molar-refractivity contribution in [2.24, 2.45) is 5.92 Å². The Morgan fingerprint density at radius 2 is 1.61 bits per heavy atom. The van der Waals surface area contributed by atoms with Gasteiger partial charge in [0, 0.05) is 5.56 Å². The highest BCUT2D eigenvalue weighted by Gasteiger charge is 2.45. The summed E-state index contributed by atoms with van der Waals surface area (Å²) in [5.41, 5.74) is 1.34. The van der Waals surface area contributed by atoms with Crippen LogP contribution in [0.3, 0.4) is 0 Å². The van der Waals surface area contributed by atoms with Crippen molar-refractivity contribution in [2.45, 2.75) is 70.3 Å². The standard InChI is InChI=1S/C31H36B2N3O13/c1-17(2)14-24(33-48-23(16-26(39)49-33)31(43)45-13-12-44-30(42)22-15-25(38)47-32-46-22)35-29(41)27(18(3)37)36-28(40)21-11-7-10-20(34-21)19-8-5-4-6-9-19/h4-11,17-18,22-24,27,37H,12-16H2,1-3H3,(H,35,41)(H,36,40)/t18-,22+,23+,24+,27+/m1/s1. The van der Waals surface area contributed by atoms with E-state index in [2.05, 4.69) is 20.3 Å². The third-order valence-electron chi connectivity index (χ3n) is 7.23. The molecule has 2 aliphatic rings. The number of aromatic nitrogens is 1. The molecule has 3 N–H and O–H groups in total. The van der Waals surface area contributed by atoms with Crippen molar-refractivity contribution in [2.75, 3.05) is 13.2 Å². The summed E-state index contributed by atoms with van der Waals surface area (Å²) < 4.78 is 30.5. The number of amides is 2. The van der Waals surface area contributed by atoms with Gasteiger partial charge in [-0.2, -0.15) is 0 Å². The first-order valence-corrected chi connectivity index (χ1v) is 15.6. The molecule has 259 valence electrons. The zero-order chi connectivity index (χ0) is 35.5. The molecule has 4 rings (SSSR count). The first-order valence-electron chi connectivity index (χ1n) is 15.6. The average molecular weight is 680 g/mol. The number of nitrogens with one attached hydrogen (secondary N) is 2. The maximum Gasteiger partial charge on any atom is 0.574 e. The first-order chi connectivity index (χ1) is 23.4. The topological polar surface area (TPSA) is 215 Å². The van der Waals surface area contributed by atoms with E-state index in [-0.39, 0.29) is 31.1 Å². The quantitative estimate of drug-likeness (QED) is 0.137. The van der Waals surface area contributed by atoms with E-state index in [1.54, 1.807) is 12.1 Å². The monoisotopic (exact) mass is 680 g/mol. The molecule has 0 aliphatic carbocycles. The Kier molecular flexibility index (Phi) is 13.3. The highest BCUT2D eigenvalue weighted by atomic mass is 16.7. The molecule has 0 saturated carbocycles. The Hall–Kier alpha value is -4.80. The van der Waals surface area contributed by atoms with Crippen LogP contribution >= 0.6 is 0 Å². The van der Waals surface area contributed by atoms with E-state index in [0.717, 1.165) is 13.2 Å². The SMILES string of the molecule is CC(C)C[C@H](NC(=O)[C@@H](NC(=O)c1cccc(-c2ccccc2)n1)[C@@H](C)O)B1OC(=O)C[C@@H](C(=O)OCCOC(=O)[C@@H]2CC(=O)O[B]O2)O1. The van der Waals surface area contributed by atoms with E-state index in [4.69, 9.17) is 23.4 Å². The number of aliphatic hydroxyl groups is 1. The van der Waals surface area contributed by atoms with Crippen molar-refractivity contribution in [3.63, 3.8) is 0 Å². The second kappa shape index (κ2) is 17.6. The first kappa shape index (κ1) is 37.0. The maximum absolute atomic E-state index is 13.5. The van der Waals surface area contributed by atoms with Crippen LogP contribution in [0.15, 0.2) is 48.5 Å². The number of esters is 2.